The van der Waals surface area contributed by atoms with E-state index in [4.69, 9.17) is 5.73 Å². The molecule has 2 rings (SSSR count). The van der Waals surface area contributed by atoms with Crippen LogP contribution in [-0.4, -0.2) is 10.6 Å². The van der Waals surface area contributed by atoms with Crippen molar-refractivity contribution in [3.05, 3.63) is 35.5 Å². The van der Waals surface area contributed by atoms with Gasteiger partial charge in [0, 0.05) is 29.6 Å². The molecule has 0 bridgehead atoms. The number of nitrogens with two attached hydrogens (primary N) is 1. The van der Waals surface area contributed by atoms with E-state index in [-0.39, 0.29) is 6.04 Å². The van der Waals surface area contributed by atoms with E-state index < -0.39 is 0 Å². The highest BCUT2D eigenvalue weighted by Crippen LogP contribution is 2.27. The van der Waals surface area contributed by atoms with Gasteiger partial charge in [-0.3, -0.25) is 0 Å². The molecule has 2 aromatic rings. The molecule has 0 aliphatic heterocycles. The zero-order chi connectivity index (χ0) is 12.6. The SMILES string of the molecule is Cc1cccc2cc(CC(C)N)n(C(C)C)c12. The third-order valence-electron chi connectivity index (χ3n) is 3.19. The maximum atomic E-state index is 5.94. The highest BCUT2D eigenvalue weighted by molar-refractivity contribution is 5.84. The van der Waals surface area contributed by atoms with Crippen molar-refractivity contribution < 1.29 is 0 Å². The van der Waals surface area contributed by atoms with Crippen LogP contribution in [0.1, 0.15) is 38.1 Å². The van der Waals surface area contributed by atoms with Gasteiger partial charge in [0.2, 0.25) is 0 Å². The fraction of sp³-hybridized carbons (Fsp3) is 0.467. The molecule has 0 saturated carbocycles. The van der Waals surface area contributed by atoms with E-state index in [2.05, 4.69) is 56.5 Å². The molecular weight excluding hydrogens is 208 g/mol. The van der Waals surface area contributed by atoms with Gasteiger partial charge in [0.05, 0.1) is 5.52 Å². The van der Waals surface area contributed by atoms with Crippen LogP contribution >= 0.6 is 0 Å². The van der Waals surface area contributed by atoms with Crippen LogP contribution in [0.25, 0.3) is 10.9 Å². The van der Waals surface area contributed by atoms with E-state index in [1.807, 2.05) is 0 Å². The quantitative estimate of drug-likeness (QED) is 0.860. The summed E-state index contributed by atoms with van der Waals surface area (Å²) < 4.78 is 2.42. The van der Waals surface area contributed by atoms with Crippen LogP contribution in [0.4, 0.5) is 0 Å². The number of aryl methyl sites for hydroxylation is 1. The smallest absolute Gasteiger partial charge is 0.0514 e. The Labute approximate surface area is 103 Å². The minimum Gasteiger partial charge on any atom is -0.342 e. The number of hydrogen-bond acceptors (Lipinski definition) is 1. The summed E-state index contributed by atoms with van der Waals surface area (Å²) in [7, 11) is 0. The molecule has 2 N–H and O–H groups in total. The minimum atomic E-state index is 0.206. The summed E-state index contributed by atoms with van der Waals surface area (Å²) in [6.07, 6.45) is 0.937. The Morgan fingerprint density at radius 1 is 1.24 bits per heavy atom. The van der Waals surface area contributed by atoms with Gasteiger partial charge in [-0.15, -0.1) is 0 Å². The van der Waals surface area contributed by atoms with Crippen LogP contribution in [0.15, 0.2) is 24.3 Å². The van der Waals surface area contributed by atoms with Crippen molar-refractivity contribution in [1.29, 1.82) is 0 Å². The van der Waals surface area contributed by atoms with Gasteiger partial charge >= 0.3 is 0 Å². The number of fused-ring (bicyclic) bond motifs is 1. The molecule has 0 aliphatic carbocycles. The van der Waals surface area contributed by atoms with Crippen molar-refractivity contribution in [3.63, 3.8) is 0 Å². The van der Waals surface area contributed by atoms with Crippen LogP contribution < -0.4 is 5.73 Å². The predicted octanol–water partition coefficient (Wildman–Crippen LogP) is 3.42. The molecule has 1 unspecified atom stereocenters. The molecule has 1 aromatic carbocycles. The molecule has 0 aliphatic rings. The van der Waals surface area contributed by atoms with Crippen molar-refractivity contribution in [2.24, 2.45) is 5.73 Å². The number of para-hydroxylation sites is 1. The molecular formula is C15H22N2. The van der Waals surface area contributed by atoms with Crippen LogP contribution in [0.2, 0.25) is 0 Å². The summed E-state index contributed by atoms with van der Waals surface area (Å²) in [6.45, 7) is 8.71. The van der Waals surface area contributed by atoms with Gasteiger partial charge in [-0.25, -0.2) is 0 Å². The first kappa shape index (κ1) is 12.2. The van der Waals surface area contributed by atoms with Crippen LogP contribution in [-0.2, 0) is 6.42 Å². The molecule has 1 aromatic heterocycles. The molecule has 17 heavy (non-hydrogen) atoms. The largest absolute Gasteiger partial charge is 0.342 e. The second-order valence-electron chi connectivity index (χ2n) is 5.29. The number of nitrogens with zero attached hydrogens (tertiary/aromatic N) is 1. The lowest BCUT2D eigenvalue weighted by atomic mass is 10.1. The van der Waals surface area contributed by atoms with E-state index >= 15 is 0 Å². The molecule has 1 atom stereocenters. The first-order chi connectivity index (χ1) is 8.00. The number of hydrogen-bond donors (Lipinski definition) is 1. The minimum absolute atomic E-state index is 0.206. The Morgan fingerprint density at radius 3 is 2.53 bits per heavy atom. The average Bonchev–Trinajstić information content (AvgIpc) is 2.56. The monoisotopic (exact) mass is 230 g/mol. The van der Waals surface area contributed by atoms with Gasteiger partial charge < -0.3 is 10.3 Å². The summed E-state index contributed by atoms with van der Waals surface area (Å²) in [5.41, 5.74) is 9.99. The first-order valence-corrected chi connectivity index (χ1v) is 6.35. The summed E-state index contributed by atoms with van der Waals surface area (Å²) in [5, 5.41) is 1.33. The van der Waals surface area contributed by atoms with Crippen LogP contribution in [0.3, 0.4) is 0 Å². The normalized spacial score (nSPS) is 13.5. The van der Waals surface area contributed by atoms with Crippen LogP contribution in [0.5, 0.6) is 0 Å². The van der Waals surface area contributed by atoms with Crippen molar-refractivity contribution in [3.8, 4) is 0 Å². The second kappa shape index (κ2) is 4.53. The lowest BCUT2D eigenvalue weighted by molar-refractivity contribution is 0.575. The van der Waals surface area contributed by atoms with Crippen LogP contribution in [0, 0.1) is 6.92 Å². The Morgan fingerprint density at radius 2 is 1.94 bits per heavy atom. The average molecular weight is 230 g/mol. The van der Waals surface area contributed by atoms with Gasteiger partial charge in [-0.05, 0) is 39.3 Å². The molecule has 1 heterocycles. The Hall–Kier alpha value is -1.28. The summed E-state index contributed by atoms with van der Waals surface area (Å²) in [4.78, 5) is 0. The molecule has 2 nitrogen and oxygen atoms in total. The van der Waals surface area contributed by atoms with Crippen molar-refractivity contribution in [1.82, 2.24) is 4.57 Å². The Bertz CT molecular complexity index is 521. The van der Waals surface area contributed by atoms with Gasteiger partial charge in [-0.1, -0.05) is 18.2 Å². The molecule has 0 spiro atoms. The maximum absolute atomic E-state index is 5.94. The second-order valence-corrected chi connectivity index (χ2v) is 5.29. The van der Waals surface area contributed by atoms with Gasteiger partial charge in [0.15, 0.2) is 0 Å². The fourth-order valence-electron chi connectivity index (χ4n) is 2.60. The fourth-order valence-corrected chi connectivity index (χ4v) is 2.60. The summed E-state index contributed by atoms with van der Waals surface area (Å²) >= 11 is 0. The van der Waals surface area contributed by atoms with Crippen molar-refractivity contribution in [2.45, 2.75) is 46.2 Å². The van der Waals surface area contributed by atoms with E-state index in [9.17, 15) is 0 Å². The molecule has 0 amide bonds. The van der Waals surface area contributed by atoms with E-state index in [0.29, 0.717) is 6.04 Å². The first-order valence-electron chi connectivity index (χ1n) is 6.35. The molecule has 0 fully saturated rings. The molecule has 92 valence electrons. The van der Waals surface area contributed by atoms with E-state index in [1.165, 1.54) is 22.2 Å². The summed E-state index contributed by atoms with van der Waals surface area (Å²) in [6, 6.07) is 9.45. The van der Waals surface area contributed by atoms with E-state index in [1.54, 1.807) is 0 Å². The zero-order valence-corrected chi connectivity index (χ0v) is 11.2. The Balaban J connectivity index is 2.67. The Kier molecular flexibility index (Phi) is 3.25. The number of benzene rings is 1. The van der Waals surface area contributed by atoms with Crippen molar-refractivity contribution in [2.75, 3.05) is 0 Å². The van der Waals surface area contributed by atoms with Gasteiger partial charge in [0.25, 0.3) is 0 Å². The molecule has 0 radical (unpaired) electrons. The summed E-state index contributed by atoms with van der Waals surface area (Å²) in [5.74, 6) is 0. The lowest BCUT2D eigenvalue weighted by Gasteiger charge is -2.17. The van der Waals surface area contributed by atoms with Gasteiger partial charge in [-0.2, -0.15) is 0 Å². The lowest BCUT2D eigenvalue weighted by Crippen LogP contribution is -2.20. The zero-order valence-electron chi connectivity index (χ0n) is 11.2. The number of aromatic nitrogens is 1. The number of rotatable bonds is 3. The predicted molar refractivity (Wildman–Crippen MR) is 74.4 cm³/mol. The maximum Gasteiger partial charge on any atom is 0.0514 e. The highest BCUT2D eigenvalue weighted by atomic mass is 15.0. The van der Waals surface area contributed by atoms with E-state index in [0.717, 1.165) is 6.42 Å². The topological polar surface area (TPSA) is 30.9 Å². The van der Waals surface area contributed by atoms with Crippen molar-refractivity contribution >= 4 is 10.9 Å². The highest BCUT2D eigenvalue weighted by Gasteiger charge is 2.13. The third kappa shape index (κ3) is 2.22. The standard InChI is InChI=1S/C15H22N2/c1-10(2)17-14(8-12(4)16)9-13-7-5-6-11(3)15(13)17/h5-7,9-10,12H,8,16H2,1-4H3. The molecule has 2 heteroatoms. The third-order valence-corrected chi connectivity index (χ3v) is 3.19. The van der Waals surface area contributed by atoms with Gasteiger partial charge in [0.1, 0.15) is 0 Å². The molecule has 0 saturated heterocycles.